The van der Waals surface area contributed by atoms with Crippen LogP contribution < -0.4 is 17.3 Å². The Morgan fingerprint density at radius 3 is 2.70 bits per heavy atom. The van der Waals surface area contributed by atoms with Crippen LogP contribution in [-0.2, 0) is 0 Å². The van der Waals surface area contributed by atoms with Gasteiger partial charge in [-0.15, -0.1) is 0 Å². The van der Waals surface area contributed by atoms with E-state index in [0.29, 0.717) is 0 Å². The average Bonchev–Trinajstić information content (AvgIpc) is 1.80. The lowest BCUT2D eigenvalue weighted by Gasteiger charge is -2.15. The monoisotopic (exact) mass is 162 g/mol. The Kier molecular flexibility index (Phi) is 3.57. The second-order valence-corrected chi connectivity index (χ2v) is 2.22. The molecule has 0 aromatic carbocycles. The van der Waals surface area contributed by atoms with Crippen molar-refractivity contribution < 1.29 is 22.4 Å². The van der Waals surface area contributed by atoms with Gasteiger partial charge in [-0.05, 0) is 6.92 Å². The van der Waals surface area contributed by atoms with Gasteiger partial charge in [-0.2, -0.15) is 0 Å². The molecule has 0 aromatic rings. The van der Waals surface area contributed by atoms with Crippen molar-refractivity contribution in [2.24, 2.45) is 4.99 Å². The first-order chi connectivity index (χ1) is 4.20. The summed E-state index contributed by atoms with van der Waals surface area (Å²) < 4.78 is 0. The second kappa shape index (κ2) is 3.71. The van der Waals surface area contributed by atoms with Crippen molar-refractivity contribution in [3.05, 3.63) is 12.3 Å². The molecule has 0 amide bonds. The largest absolute Gasteiger partial charge is 1.00 e. The Morgan fingerprint density at radius 1 is 1.70 bits per heavy atom. The van der Waals surface area contributed by atoms with Crippen LogP contribution in [0.2, 0.25) is 0 Å². The zero-order valence-corrected chi connectivity index (χ0v) is 6.76. The minimum atomic E-state index is -0.602. The van der Waals surface area contributed by atoms with Crippen molar-refractivity contribution in [2.75, 3.05) is 7.05 Å². The van der Waals surface area contributed by atoms with E-state index in [4.69, 9.17) is 5.11 Å². The number of allylic oxidation sites excluding steroid dienone is 1. The summed E-state index contributed by atoms with van der Waals surface area (Å²) in [4.78, 5) is 4.82. The Bertz CT molecular complexity index is 167. The number of nitrogens with one attached hydrogen (secondary N) is 1. The van der Waals surface area contributed by atoms with E-state index in [-0.39, 0.29) is 12.4 Å². The quantitative estimate of drug-likeness (QED) is 0.372. The average molecular weight is 163 g/mol. The van der Waals surface area contributed by atoms with Crippen LogP contribution in [0.15, 0.2) is 17.3 Å². The molecular weight excluding hydrogens is 152 g/mol. The van der Waals surface area contributed by atoms with Gasteiger partial charge in [0.25, 0.3) is 6.35 Å². The Morgan fingerprint density at radius 2 is 2.30 bits per heavy atom. The minimum Gasteiger partial charge on any atom is -1.00 e. The number of aliphatic hydroxyl groups excluding tert-OH is 1. The van der Waals surface area contributed by atoms with E-state index in [2.05, 4.69) is 4.99 Å². The molecule has 0 saturated carbocycles. The van der Waals surface area contributed by atoms with Crippen LogP contribution in [0.25, 0.3) is 0 Å². The van der Waals surface area contributed by atoms with Crippen molar-refractivity contribution in [1.29, 1.82) is 0 Å². The zero-order chi connectivity index (χ0) is 6.85. The number of nitrogens with zero attached hydrogens (tertiary/aromatic N) is 1. The van der Waals surface area contributed by atoms with E-state index >= 15 is 0 Å². The number of hydrogen-bond donors (Lipinski definition) is 2. The second-order valence-electron chi connectivity index (χ2n) is 2.22. The molecule has 0 aromatic heterocycles. The van der Waals surface area contributed by atoms with E-state index in [1.165, 1.54) is 0 Å². The van der Waals surface area contributed by atoms with Crippen LogP contribution in [0.3, 0.4) is 0 Å². The summed E-state index contributed by atoms with van der Waals surface area (Å²) in [6, 6.07) is 0. The molecule has 0 spiro atoms. The molecule has 2 unspecified atom stereocenters. The first-order valence-electron chi connectivity index (χ1n) is 2.94. The summed E-state index contributed by atoms with van der Waals surface area (Å²) in [7, 11) is 1.86. The molecule has 10 heavy (non-hydrogen) atoms. The number of aliphatic hydroxyl groups is 1. The van der Waals surface area contributed by atoms with E-state index in [9.17, 15) is 0 Å². The highest BCUT2D eigenvalue weighted by Gasteiger charge is 2.12. The highest BCUT2D eigenvalue weighted by Crippen LogP contribution is 1.85. The smallest absolute Gasteiger partial charge is 0.294 e. The molecule has 1 aliphatic heterocycles. The molecule has 2 atom stereocenters. The van der Waals surface area contributed by atoms with Gasteiger partial charge in [0.15, 0.2) is 0 Å². The van der Waals surface area contributed by atoms with Gasteiger partial charge >= 0.3 is 0 Å². The third-order valence-electron chi connectivity index (χ3n) is 1.32. The predicted octanol–water partition coefficient (Wildman–Crippen LogP) is -4.23. The van der Waals surface area contributed by atoms with Crippen molar-refractivity contribution in [3.63, 3.8) is 0 Å². The normalized spacial score (nSPS) is 30.9. The third kappa shape index (κ3) is 2.10. The van der Waals surface area contributed by atoms with E-state index in [0.717, 1.165) is 10.6 Å². The SMILES string of the molecule is CC1=NC(O)[NH+](C)C=C1.[Cl-]. The predicted molar refractivity (Wildman–Crippen MR) is 35.1 cm³/mol. The number of aliphatic imine (C=N–C) groups is 1. The van der Waals surface area contributed by atoms with Crippen LogP contribution in [0, 0.1) is 0 Å². The van der Waals surface area contributed by atoms with Crippen LogP contribution in [0.4, 0.5) is 0 Å². The fraction of sp³-hybridized carbons (Fsp3) is 0.500. The number of rotatable bonds is 0. The van der Waals surface area contributed by atoms with Gasteiger partial charge in [0, 0.05) is 11.8 Å². The summed E-state index contributed by atoms with van der Waals surface area (Å²) in [5.41, 5.74) is 0.883. The summed E-state index contributed by atoms with van der Waals surface area (Å²) in [5, 5.41) is 9.07. The first kappa shape index (κ1) is 9.62. The fourth-order valence-corrected chi connectivity index (χ4v) is 0.676. The molecule has 0 radical (unpaired) electrons. The Hall–Kier alpha value is -0.380. The lowest BCUT2D eigenvalue weighted by atomic mass is 10.4. The molecule has 0 fully saturated rings. The molecule has 0 bridgehead atoms. The molecule has 4 heteroatoms. The molecule has 3 nitrogen and oxygen atoms in total. The lowest BCUT2D eigenvalue weighted by Crippen LogP contribution is -3.09. The van der Waals surface area contributed by atoms with Gasteiger partial charge < -0.3 is 17.5 Å². The minimum absolute atomic E-state index is 0. The summed E-state index contributed by atoms with van der Waals surface area (Å²) in [6.07, 6.45) is 3.17. The maximum absolute atomic E-state index is 9.07. The number of halogens is 1. The van der Waals surface area contributed by atoms with E-state index in [1.54, 1.807) is 0 Å². The lowest BCUT2D eigenvalue weighted by molar-refractivity contribution is -0.879. The third-order valence-corrected chi connectivity index (χ3v) is 1.32. The summed E-state index contributed by atoms with van der Waals surface area (Å²) in [5.74, 6) is 0. The van der Waals surface area contributed by atoms with Gasteiger partial charge in [-0.3, -0.25) is 4.90 Å². The van der Waals surface area contributed by atoms with Crippen LogP contribution in [0.5, 0.6) is 0 Å². The fourth-order valence-electron chi connectivity index (χ4n) is 0.676. The first-order valence-corrected chi connectivity index (χ1v) is 2.94. The highest BCUT2D eigenvalue weighted by atomic mass is 35.5. The standard InChI is InChI=1S/C6H10N2O.ClH/c1-5-3-4-8(2)6(9)7-5;/h3-4,6,9H,1-2H3;1H. The van der Waals surface area contributed by atoms with Crippen LogP contribution in [0.1, 0.15) is 6.92 Å². The molecule has 58 valence electrons. The van der Waals surface area contributed by atoms with Gasteiger partial charge in [0.1, 0.15) is 0 Å². The van der Waals surface area contributed by atoms with Crippen molar-refractivity contribution in [3.8, 4) is 0 Å². The zero-order valence-electron chi connectivity index (χ0n) is 6.00. The van der Waals surface area contributed by atoms with Gasteiger partial charge in [-0.25, -0.2) is 4.99 Å². The van der Waals surface area contributed by atoms with Gasteiger partial charge in [0.2, 0.25) is 0 Å². The summed E-state index contributed by atoms with van der Waals surface area (Å²) in [6.45, 7) is 1.87. The van der Waals surface area contributed by atoms with Crippen LogP contribution in [-0.4, -0.2) is 24.2 Å². The van der Waals surface area contributed by atoms with Gasteiger partial charge in [-0.1, -0.05) is 0 Å². The van der Waals surface area contributed by atoms with Crippen molar-refractivity contribution >= 4 is 5.71 Å². The maximum Gasteiger partial charge on any atom is 0.294 e. The van der Waals surface area contributed by atoms with E-state index in [1.807, 2.05) is 26.2 Å². The van der Waals surface area contributed by atoms with E-state index < -0.39 is 6.35 Å². The van der Waals surface area contributed by atoms with Crippen molar-refractivity contribution in [1.82, 2.24) is 0 Å². The molecule has 1 aliphatic rings. The molecule has 1 rings (SSSR count). The Balaban J connectivity index is 0.000000810. The Labute approximate surface area is 66.5 Å². The number of hydrogen-bond acceptors (Lipinski definition) is 2. The molecule has 0 aliphatic carbocycles. The summed E-state index contributed by atoms with van der Waals surface area (Å²) >= 11 is 0. The topological polar surface area (TPSA) is 37.0 Å². The highest BCUT2D eigenvalue weighted by molar-refractivity contribution is 5.92. The van der Waals surface area contributed by atoms with Gasteiger partial charge in [0.05, 0.1) is 13.2 Å². The molecule has 0 saturated heterocycles. The maximum atomic E-state index is 9.07. The molecule has 2 N–H and O–H groups in total. The van der Waals surface area contributed by atoms with Crippen LogP contribution >= 0.6 is 0 Å². The number of quaternary nitrogens is 1. The molecular formula is C6H11ClN2O. The van der Waals surface area contributed by atoms with Crippen molar-refractivity contribution in [2.45, 2.75) is 13.3 Å². The molecule has 1 heterocycles.